The number of anilines is 1. The van der Waals surface area contributed by atoms with Gasteiger partial charge in [-0.2, -0.15) is 0 Å². The van der Waals surface area contributed by atoms with Crippen LogP contribution in [0.3, 0.4) is 0 Å². The van der Waals surface area contributed by atoms with Crippen LogP contribution in [0.5, 0.6) is 11.5 Å². The fourth-order valence-electron chi connectivity index (χ4n) is 2.40. The van der Waals surface area contributed by atoms with Crippen LogP contribution >= 0.6 is 0 Å². The Morgan fingerprint density at radius 3 is 2.60 bits per heavy atom. The zero-order valence-electron chi connectivity index (χ0n) is 13.0. The Hall–Kier alpha value is -1.20. The fraction of sp³-hybridized carbons (Fsp3) is 0.600. The minimum atomic E-state index is -1.16. The van der Waals surface area contributed by atoms with E-state index >= 15 is 0 Å². The monoisotopic (exact) mass is 295 g/mol. The highest BCUT2D eigenvalue weighted by Gasteiger charge is 2.38. The van der Waals surface area contributed by atoms with Gasteiger partial charge in [-0.1, -0.05) is 20.8 Å². The number of ether oxygens (including phenoxy) is 2. The molecule has 2 unspecified atom stereocenters. The smallest absolute Gasteiger partial charge is 0.171 e. The third kappa shape index (κ3) is 3.46. The average Bonchev–Trinajstić information content (AvgIpc) is 2.33. The van der Waals surface area contributed by atoms with Crippen molar-refractivity contribution in [3.05, 3.63) is 18.2 Å². The molecule has 0 saturated heterocycles. The molecule has 2 atom stereocenters. The molecule has 5 heteroatoms. The highest BCUT2D eigenvalue weighted by molar-refractivity contribution is 6.48. The van der Waals surface area contributed by atoms with Gasteiger partial charge in [0.2, 0.25) is 0 Å². The largest absolute Gasteiger partial charge is 0.486 e. The summed E-state index contributed by atoms with van der Waals surface area (Å²) in [5, 5.41) is 0. The van der Waals surface area contributed by atoms with E-state index in [2.05, 4.69) is 33.9 Å². The number of hydrogen-bond acceptors (Lipinski definition) is 4. The average molecular weight is 295 g/mol. The molecule has 0 radical (unpaired) electrons. The maximum absolute atomic E-state index is 6.20. The lowest BCUT2D eigenvalue weighted by molar-refractivity contribution is -0.0473. The number of nitrogens with two attached hydrogens (primary N) is 1. The van der Waals surface area contributed by atoms with Gasteiger partial charge in [-0.25, -0.2) is 0 Å². The zero-order valence-corrected chi connectivity index (χ0v) is 14.1. The van der Waals surface area contributed by atoms with E-state index in [4.69, 9.17) is 19.6 Å². The number of nitrogen functional groups attached to an aromatic ring is 1. The molecule has 0 saturated carbocycles. The van der Waals surface area contributed by atoms with Crippen LogP contribution in [0.2, 0.25) is 13.1 Å². The summed E-state index contributed by atoms with van der Waals surface area (Å²) in [6.45, 7) is 11.4. The third-order valence-corrected chi connectivity index (χ3v) is 4.10. The van der Waals surface area contributed by atoms with E-state index < -0.39 is 9.04 Å². The van der Waals surface area contributed by atoms with Gasteiger partial charge < -0.3 is 19.6 Å². The quantitative estimate of drug-likeness (QED) is 0.688. The van der Waals surface area contributed by atoms with Gasteiger partial charge in [0, 0.05) is 11.8 Å². The molecule has 112 valence electrons. The van der Waals surface area contributed by atoms with Crippen molar-refractivity contribution in [1.29, 1.82) is 0 Å². The summed E-state index contributed by atoms with van der Waals surface area (Å²) in [5.41, 5.74) is 6.49. The van der Waals surface area contributed by atoms with E-state index in [-0.39, 0.29) is 17.6 Å². The summed E-state index contributed by atoms with van der Waals surface area (Å²) in [5.74, 6) is 1.47. The van der Waals surface area contributed by atoms with Crippen molar-refractivity contribution in [2.24, 2.45) is 5.41 Å². The van der Waals surface area contributed by atoms with Crippen LogP contribution < -0.4 is 15.2 Å². The molecule has 1 heterocycles. The van der Waals surface area contributed by atoms with Gasteiger partial charge >= 0.3 is 0 Å². The normalized spacial score (nSPS) is 20.0. The Morgan fingerprint density at radius 1 is 1.30 bits per heavy atom. The summed E-state index contributed by atoms with van der Waals surface area (Å²) >= 11 is 0. The van der Waals surface area contributed by atoms with Crippen molar-refractivity contribution in [3.8, 4) is 11.5 Å². The highest BCUT2D eigenvalue weighted by Crippen LogP contribution is 2.37. The third-order valence-electron chi connectivity index (χ3n) is 3.26. The summed E-state index contributed by atoms with van der Waals surface area (Å²) in [7, 11) is -1.16. The number of hydrogen-bond donors (Lipinski definition) is 1. The summed E-state index contributed by atoms with van der Waals surface area (Å²) in [4.78, 5) is 0. The highest BCUT2D eigenvalue weighted by atomic mass is 28.3. The zero-order chi connectivity index (χ0) is 14.9. The molecule has 0 aromatic heterocycles. The van der Waals surface area contributed by atoms with E-state index in [0.717, 1.165) is 5.75 Å². The molecule has 0 bridgehead atoms. The standard InChI is InChI=1S/C15H25NO3Si/c1-15(2,3)14(19-20(4)5)13-9-17-11-7-6-10(16)8-12(11)18-13/h6-8,13-14,20H,9,16H2,1-5H3. The Bertz CT molecular complexity index is 471. The van der Waals surface area contributed by atoms with Gasteiger partial charge in [0.25, 0.3) is 0 Å². The van der Waals surface area contributed by atoms with E-state index in [9.17, 15) is 0 Å². The number of fused-ring (bicyclic) bond motifs is 1. The Labute approximate surface area is 122 Å². The fourth-order valence-corrected chi connectivity index (χ4v) is 3.57. The predicted molar refractivity (Wildman–Crippen MR) is 84.0 cm³/mol. The second-order valence-electron chi connectivity index (χ2n) is 6.64. The maximum Gasteiger partial charge on any atom is 0.171 e. The molecule has 0 spiro atoms. The van der Waals surface area contributed by atoms with Crippen LogP contribution in [0.15, 0.2) is 18.2 Å². The first-order valence-electron chi connectivity index (χ1n) is 7.12. The molecule has 4 nitrogen and oxygen atoms in total. The van der Waals surface area contributed by atoms with E-state index in [1.165, 1.54) is 0 Å². The molecule has 2 rings (SSSR count). The van der Waals surface area contributed by atoms with Crippen LogP contribution in [0.25, 0.3) is 0 Å². The summed E-state index contributed by atoms with van der Waals surface area (Å²) < 4.78 is 18.1. The lowest BCUT2D eigenvalue weighted by Gasteiger charge is -2.40. The van der Waals surface area contributed by atoms with E-state index in [1.54, 1.807) is 0 Å². The van der Waals surface area contributed by atoms with Crippen LogP contribution in [0, 0.1) is 5.41 Å². The molecular weight excluding hydrogens is 270 g/mol. The molecule has 1 aromatic carbocycles. The molecule has 0 aliphatic carbocycles. The van der Waals surface area contributed by atoms with Gasteiger partial charge in [-0.05, 0) is 30.6 Å². The van der Waals surface area contributed by atoms with Gasteiger partial charge in [-0.15, -0.1) is 0 Å². The van der Waals surface area contributed by atoms with Crippen molar-refractivity contribution >= 4 is 14.7 Å². The molecule has 1 aliphatic heterocycles. The first-order valence-corrected chi connectivity index (χ1v) is 9.90. The van der Waals surface area contributed by atoms with Gasteiger partial charge in [0.1, 0.15) is 6.61 Å². The summed E-state index contributed by atoms with van der Waals surface area (Å²) in [6.07, 6.45) is -0.0806. The molecule has 0 amide bonds. The van der Waals surface area contributed by atoms with E-state index in [1.807, 2.05) is 18.2 Å². The minimum Gasteiger partial charge on any atom is -0.486 e. The lowest BCUT2D eigenvalue weighted by Crippen LogP contribution is -2.49. The molecule has 1 aromatic rings. The topological polar surface area (TPSA) is 53.7 Å². The van der Waals surface area contributed by atoms with Crippen LogP contribution in [-0.2, 0) is 4.43 Å². The lowest BCUT2D eigenvalue weighted by atomic mass is 9.86. The van der Waals surface area contributed by atoms with Crippen LogP contribution in [-0.4, -0.2) is 27.9 Å². The Balaban J connectivity index is 2.20. The minimum absolute atomic E-state index is 0.00310. The SMILES string of the molecule is C[SiH](C)OC(C1COc2ccc(N)cc2O1)C(C)(C)C. The van der Waals surface area contributed by atoms with Gasteiger partial charge in [0.05, 0.1) is 6.10 Å². The van der Waals surface area contributed by atoms with Crippen LogP contribution in [0.4, 0.5) is 5.69 Å². The second kappa shape index (κ2) is 5.66. The van der Waals surface area contributed by atoms with Crippen LogP contribution in [0.1, 0.15) is 20.8 Å². The van der Waals surface area contributed by atoms with Gasteiger partial charge in [-0.3, -0.25) is 0 Å². The van der Waals surface area contributed by atoms with E-state index in [0.29, 0.717) is 18.0 Å². The second-order valence-corrected chi connectivity index (χ2v) is 9.01. The molecule has 20 heavy (non-hydrogen) atoms. The molecule has 2 N–H and O–H groups in total. The van der Waals surface area contributed by atoms with Crippen molar-refractivity contribution in [1.82, 2.24) is 0 Å². The van der Waals surface area contributed by atoms with Crippen molar-refractivity contribution in [3.63, 3.8) is 0 Å². The van der Waals surface area contributed by atoms with Crippen molar-refractivity contribution in [2.75, 3.05) is 12.3 Å². The predicted octanol–water partition coefficient (Wildman–Crippen LogP) is 2.82. The number of benzene rings is 1. The number of rotatable bonds is 3. The summed E-state index contributed by atoms with van der Waals surface area (Å²) in [6, 6.07) is 5.49. The Kier molecular flexibility index (Phi) is 4.30. The first-order chi connectivity index (χ1) is 9.27. The maximum atomic E-state index is 6.20. The molecule has 0 fully saturated rings. The molecular formula is C15H25NO3Si. The van der Waals surface area contributed by atoms with Crippen molar-refractivity contribution in [2.45, 2.75) is 46.1 Å². The van der Waals surface area contributed by atoms with Gasteiger partial charge in [0.15, 0.2) is 26.6 Å². The Morgan fingerprint density at radius 2 is 2.00 bits per heavy atom. The molecule has 1 aliphatic rings. The van der Waals surface area contributed by atoms with Crippen molar-refractivity contribution < 1.29 is 13.9 Å². The first kappa shape index (κ1) is 15.2.